The molecular weight excluding hydrogens is 356 g/mol. The summed E-state index contributed by atoms with van der Waals surface area (Å²) in [6.45, 7) is 4.34. The van der Waals surface area contributed by atoms with E-state index >= 15 is 0 Å². The third-order valence-corrected chi connectivity index (χ3v) is 6.79. The van der Waals surface area contributed by atoms with Gasteiger partial charge in [0, 0.05) is 19.6 Å². The Morgan fingerprint density at radius 1 is 1.28 bits per heavy atom. The first-order chi connectivity index (χ1) is 12.1. The van der Waals surface area contributed by atoms with E-state index in [1.165, 1.54) is 0 Å². The van der Waals surface area contributed by atoms with Crippen molar-refractivity contribution in [2.24, 2.45) is 5.92 Å². The van der Waals surface area contributed by atoms with E-state index in [-0.39, 0.29) is 5.75 Å². The number of piperidine rings is 1. The van der Waals surface area contributed by atoms with Gasteiger partial charge in [0.25, 0.3) is 0 Å². The van der Waals surface area contributed by atoms with Crippen molar-refractivity contribution in [1.29, 1.82) is 0 Å². The summed E-state index contributed by atoms with van der Waals surface area (Å²) in [5.74, 6) is 0.328. The fourth-order valence-electron chi connectivity index (χ4n) is 3.01. The fraction of sp³-hybridized carbons (Fsp3) is 0.529. The lowest BCUT2D eigenvalue weighted by Gasteiger charge is -2.32. The smallest absolute Gasteiger partial charge is 0.215 e. The molecule has 0 bridgehead atoms. The highest BCUT2D eigenvalue weighted by Crippen LogP contribution is 2.26. The van der Waals surface area contributed by atoms with Gasteiger partial charge in [-0.1, -0.05) is 48.6 Å². The van der Waals surface area contributed by atoms with Crippen LogP contribution in [0.1, 0.15) is 30.3 Å². The number of anilines is 1. The second-order valence-electron chi connectivity index (χ2n) is 6.38. The first kappa shape index (κ1) is 18.3. The average molecular weight is 381 g/mol. The fourth-order valence-corrected chi connectivity index (χ4v) is 5.05. The minimum atomic E-state index is -3.31. The van der Waals surface area contributed by atoms with Crippen LogP contribution in [0.2, 0.25) is 0 Å². The van der Waals surface area contributed by atoms with Gasteiger partial charge in [0.15, 0.2) is 0 Å². The summed E-state index contributed by atoms with van der Waals surface area (Å²) in [5.41, 5.74) is 0.807. The topological polar surface area (TPSA) is 75.2 Å². The standard InChI is InChI=1S/C17H24N4O2S2/c1-2-16-19-20-17(24-16)21-10-6-9-15(12-21)11-18-25(22,23)13-14-7-4-3-5-8-14/h3-5,7-8,15,18H,2,6,9-13H2,1H3/t15-/m1/s1. The molecular formula is C17H24N4O2S2. The molecule has 0 amide bonds. The first-order valence-corrected chi connectivity index (χ1v) is 11.1. The molecule has 1 aliphatic rings. The summed E-state index contributed by atoms with van der Waals surface area (Å²) in [5, 5.41) is 10.4. The van der Waals surface area contributed by atoms with Gasteiger partial charge in [0.2, 0.25) is 15.2 Å². The largest absolute Gasteiger partial charge is 0.346 e. The number of nitrogens with one attached hydrogen (secondary N) is 1. The molecule has 1 atom stereocenters. The summed E-state index contributed by atoms with van der Waals surface area (Å²) in [7, 11) is -3.31. The number of nitrogens with zero attached hydrogens (tertiary/aromatic N) is 3. The van der Waals surface area contributed by atoms with E-state index in [1.54, 1.807) is 11.3 Å². The lowest BCUT2D eigenvalue weighted by atomic mass is 9.99. The maximum atomic E-state index is 12.3. The molecule has 0 spiro atoms. The predicted octanol–water partition coefficient (Wildman–Crippen LogP) is 2.44. The number of benzene rings is 1. The van der Waals surface area contributed by atoms with Crippen LogP contribution in [0, 0.1) is 5.92 Å². The Morgan fingerprint density at radius 2 is 2.08 bits per heavy atom. The van der Waals surface area contributed by atoms with Gasteiger partial charge in [-0.25, -0.2) is 13.1 Å². The molecule has 0 unspecified atom stereocenters. The molecule has 0 saturated carbocycles. The van der Waals surface area contributed by atoms with Crippen molar-refractivity contribution in [1.82, 2.24) is 14.9 Å². The Morgan fingerprint density at radius 3 is 2.80 bits per heavy atom. The molecule has 1 saturated heterocycles. The molecule has 1 aromatic heterocycles. The van der Waals surface area contributed by atoms with Gasteiger partial charge < -0.3 is 4.90 Å². The Hall–Kier alpha value is -1.51. The van der Waals surface area contributed by atoms with Crippen molar-refractivity contribution in [3.05, 3.63) is 40.9 Å². The highest BCUT2D eigenvalue weighted by Gasteiger charge is 2.24. The van der Waals surface area contributed by atoms with Crippen LogP contribution in [0.3, 0.4) is 0 Å². The maximum Gasteiger partial charge on any atom is 0.215 e. The summed E-state index contributed by atoms with van der Waals surface area (Å²) < 4.78 is 27.4. The average Bonchev–Trinajstić information content (AvgIpc) is 3.10. The van der Waals surface area contributed by atoms with Crippen molar-refractivity contribution in [2.75, 3.05) is 24.5 Å². The number of hydrogen-bond acceptors (Lipinski definition) is 6. The van der Waals surface area contributed by atoms with E-state index in [4.69, 9.17) is 0 Å². The monoisotopic (exact) mass is 380 g/mol. The lowest BCUT2D eigenvalue weighted by Crippen LogP contribution is -2.41. The summed E-state index contributed by atoms with van der Waals surface area (Å²) in [4.78, 5) is 2.23. The molecule has 1 fully saturated rings. The van der Waals surface area contributed by atoms with Gasteiger partial charge in [-0.2, -0.15) is 0 Å². The Balaban J connectivity index is 1.54. The zero-order chi connectivity index (χ0) is 17.7. The van der Waals surface area contributed by atoms with Crippen LogP contribution in [0.25, 0.3) is 0 Å². The van der Waals surface area contributed by atoms with Gasteiger partial charge in [0.05, 0.1) is 5.75 Å². The Bertz CT molecular complexity index is 777. The molecule has 25 heavy (non-hydrogen) atoms. The third-order valence-electron chi connectivity index (χ3n) is 4.34. The summed E-state index contributed by atoms with van der Waals surface area (Å²) in [6.07, 6.45) is 2.98. The molecule has 1 aromatic carbocycles. The van der Waals surface area contributed by atoms with E-state index in [9.17, 15) is 8.42 Å². The zero-order valence-electron chi connectivity index (χ0n) is 14.4. The molecule has 136 valence electrons. The normalized spacial score (nSPS) is 18.4. The molecule has 3 rings (SSSR count). The lowest BCUT2D eigenvalue weighted by molar-refractivity contribution is 0.410. The van der Waals surface area contributed by atoms with Crippen LogP contribution in [0.4, 0.5) is 5.13 Å². The molecule has 2 heterocycles. The van der Waals surface area contributed by atoms with Crippen molar-refractivity contribution < 1.29 is 8.42 Å². The number of rotatable bonds is 7. The summed E-state index contributed by atoms with van der Waals surface area (Å²) in [6, 6.07) is 9.27. The minimum Gasteiger partial charge on any atom is -0.346 e. The number of hydrogen-bond donors (Lipinski definition) is 1. The van der Waals surface area contributed by atoms with Gasteiger partial charge in [-0.3, -0.25) is 0 Å². The van der Waals surface area contributed by atoms with Crippen molar-refractivity contribution in [3.63, 3.8) is 0 Å². The van der Waals surface area contributed by atoms with Gasteiger partial charge in [-0.15, -0.1) is 10.2 Å². The van der Waals surface area contributed by atoms with E-state index in [0.717, 1.165) is 48.1 Å². The van der Waals surface area contributed by atoms with Crippen LogP contribution in [-0.4, -0.2) is 38.2 Å². The van der Waals surface area contributed by atoms with Crippen LogP contribution < -0.4 is 9.62 Å². The van der Waals surface area contributed by atoms with E-state index in [1.807, 2.05) is 30.3 Å². The van der Waals surface area contributed by atoms with Crippen molar-refractivity contribution in [3.8, 4) is 0 Å². The molecule has 1 N–H and O–H groups in total. The van der Waals surface area contributed by atoms with E-state index < -0.39 is 10.0 Å². The number of aryl methyl sites for hydroxylation is 1. The van der Waals surface area contributed by atoms with Gasteiger partial charge in [-0.05, 0) is 30.7 Å². The molecule has 0 aliphatic carbocycles. The van der Waals surface area contributed by atoms with Crippen LogP contribution in [0.5, 0.6) is 0 Å². The quantitative estimate of drug-likeness (QED) is 0.798. The highest BCUT2D eigenvalue weighted by atomic mass is 32.2. The van der Waals surface area contributed by atoms with Crippen molar-refractivity contribution >= 4 is 26.5 Å². The van der Waals surface area contributed by atoms with Crippen LogP contribution in [-0.2, 0) is 22.2 Å². The molecule has 8 heteroatoms. The third kappa shape index (κ3) is 5.23. The van der Waals surface area contributed by atoms with Gasteiger partial charge >= 0.3 is 0 Å². The van der Waals surface area contributed by atoms with E-state index in [0.29, 0.717) is 12.5 Å². The van der Waals surface area contributed by atoms with Gasteiger partial charge in [0.1, 0.15) is 5.01 Å². The Labute approximate surface area is 153 Å². The van der Waals surface area contributed by atoms with Crippen molar-refractivity contribution in [2.45, 2.75) is 31.9 Å². The molecule has 0 radical (unpaired) electrons. The first-order valence-electron chi connectivity index (χ1n) is 8.64. The number of sulfonamides is 1. The molecule has 2 aromatic rings. The Kier molecular flexibility index (Phi) is 6.03. The molecule has 1 aliphatic heterocycles. The zero-order valence-corrected chi connectivity index (χ0v) is 16.0. The second-order valence-corrected chi connectivity index (χ2v) is 9.23. The SMILES string of the molecule is CCc1nnc(N2CCC[C@H](CNS(=O)(=O)Cc3ccccc3)C2)s1. The number of aromatic nitrogens is 2. The highest BCUT2D eigenvalue weighted by molar-refractivity contribution is 7.88. The van der Waals surface area contributed by atoms with E-state index in [2.05, 4.69) is 26.7 Å². The second kappa shape index (κ2) is 8.25. The maximum absolute atomic E-state index is 12.3. The van der Waals surface area contributed by atoms with Crippen LogP contribution >= 0.6 is 11.3 Å². The summed E-state index contributed by atoms with van der Waals surface area (Å²) >= 11 is 1.63. The molecule has 6 nitrogen and oxygen atoms in total. The van der Waals surface area contributed by atoms with Crippen LogP contribution in [0.15, 0.2) is 30.3 Å². The predicted molar refractivity (Wildman–Crippen MR) is 101 cm³/mol. The minimum absolute atomic E-state index is 0.0283.